The molecule has 20 heavy (non-hydrogen) atoms. The number of hydrogen-bond donors (Lipinski definition) is 2. The van der Waals surface area contributed by atoms with Crippen LogP contribution in [-0.2, 0) is 4.79 Å². The fourth-order valence-corrected chi connectivity index (χ4v) is 1.74. The second-order valence-corrected chi connectivity index (χ2v) is 4.12. The summed E-state index contributed by atoms with van der Waals surface area (Å²) >= 11 is 0. The summed E-state index contributed by atoms with van der Waals surface area (Å²) in [6, 6.07) is 8.86. The molecule has 0 aromatic heterocycles. The van der Waals surface area contributed by atoms with Crippen LogP contribution >= 0.6 is 0 Å². The maximum Gasteiger partial charge on any atom is 0.330 e. The highest BCUT2D eigenvalue weighted by atomic mass is 16.4. The molecule has 2 amide bonds. The van der Waals surface area contributed by atoms with E-state index in [1.165, 1.54) is 4.90 Å². The molecular weight excluding hydrogens is 258 g/mol. The molecule has 1 aromatic carbocycles. The van der Waals surface area contributed by atoms with Gasteiger partial charge in [-0.15, -0.1) is 0 Å². The largest absolute Gasteiger partial charge is 0.479 e. The smallest absolute Gasteiger partial charge is 0.330 e. The van der Waals surface area contributed by atoms with Crippen LogP contribution in [0.5, 0.6) is 0 Å². The number of carbonyl (C=O) groups is 2. The molecule has 0 aliphatic rings. The molecule has 0 bridgehead atoms. The Bertz CT molecular complexity index is 496. The first-order valence-corrected chi connectivity index (χ1v) is 6.30. The van der Waals surface area contributed by atoms with Crippen LogP contribution in [0, 0.1) is 11.3 Å². The molecule has 1 atom stereocenters. The molecule has 6 heteroatoms. The van der Waals surface area contributed by atoms with Gasteiger partial charge in [0.05, 0.1) is 12.5 Å². The zero-order valence-corrected chi connectivity index (χ0v) is 11.2. The molecule has 0 saturated carbocycles. The second kappa shape index (κ2) is 7.79. The van der Waals surface area contributed by atoms with Crippen molar-refractivity contribution in [2.45, 2.75) is 19.4 Å². The number of rotatable bonds is 6. The zero-order valence-electron chi connectivity index (χ0n) is 11.2. The minimum Gasteiger partial charge on any atom is -0.479 e. The van der Waals surface area contributed by atoms with Gasteiger partial charge in [-0.2, -0.15) is 5.26 Å². The van der Waals surface area contributed by atoms with Gasteiger partial charge in [-0.25, -0.2) is 9.59 Å². The summed E-state index contributed by atoms with van der Waals surface area (Å²) in [6.07, 6.45) is 0.213. The molecule has 0 fully saturated rings. The van der Waals surface area contributed by atoms with E-state index in [0.717, 1.165) is 0 Å². The van der Waals surface area contributed by atoms with Crippen molar-refractivity contribution in [1.82, 2.24) is 10.2 Å². The number of urea groups is 1. The van der Waals surface area contributed by atoms with Gasteiger partial charge in [0.1, 0.15) is 0 Å². The Morgan fingerprint density at radius 1 is 1.40 bits per heavy atom. The van der Waals surface area contributed by atoms with E-state index in [1.54, 1.807) is 37.3 Å². The van der Waals surface area contributed by atoms with Crippen LogP contribution in [-0.4, -0.2) is 35.1 Å². The van der Waals surface area contributed by atoms with E-state index in [0.29, 0.717) is 12.1 Å². The standard InChI is InChI=1S/C14H17N3O3/c1-2-17(10-6-9-15)14(20)16-12(13(18)19)11-7-4-3-5-8-11/h3-5,7-8,12H,2,6,10H2,1H3,(H,16,20)(H,18,19)/t12-/m1/s1. The molecule has 0 spiro atoms. The van der Waals surface area contributed by atoms with Crippen LogP contribution in [0.25, 0.3) is 0 Å². The van der Waals surface area contributed by atoms with Gasteiger partial charge in [0.25, 0.3) is 0 Å². The Labute approximate surface area is 117 Å². The number of aliphatic carboxylic acids is 1. The maximum atomic E-state index is 12.0. The monoisotopic (exact) mass is 275 g/mol. The van der Waals surface area contributed by atoms with Crippen molar-refractivity contribution in [2.75, 3.05) is 13.1 Å². The molecule has 0 aliphatic carbocycles. The predicted octanol–water partition coefficient (Wildman–Crippen LogP) is 1.76. The number of carboxylic acids is 1. The lowest BCUT2D eigenvalue weighted by atomic mass is 10.1. The number of carbonyl (C=O) groups excluding carboxylic acids is 1. The number of nitrogens with zero attached hydrogens (tertiary/aromatic N) is 2. The molecule has 0 unspecified atom stereocenters. The Morgan fingerprint density at radius 3 is 2.55 bits per heavy atom. The predicted molar refractivity (Wildman–Crippen MR) is 72.8 cm³/mol. The first-order valence-electron chi connectivity index (χ1n) is 6.30. The lowest BCUT2D eigenvalue weighted by Gasteiger charge is -2.23. The van der Waals surface area contributed by atoms with Gasteiger partial charge in [-0.1, -0.05) is 30.3 Å². The van der Waals surface area contributed by atoms with E-state index in [1.807, 2.05) is 6.07 Å². The van der Waals surface area contributed by atoms with Crippen molar-refractivity contribution in [3.05, 3.63) is 35.9 Å². The van der Waals surface area contributed by atoms with Crippen molar-refractivity contribution in [3.8, 4) is 6.07 Å². The van der Waals surface area contributed by atoms with Gasteiger partial charge in [-0.3, -0.25) is 0 Å². The maximum absolute atomic E-state index is 12.0. The third-order valence-electron chi connectivity index (χ3n) is 2.81. The van der Waals surface area contributed by atoms with Crippen LogP contribution in [0.2, 0.25) is 0 Å². The molecule has 0 aliphatic heterocycles. The van der Waals surface area contributed by atoms with E-state index in [9.17, 15) is 14.7 Å². The normalized spacial score (nSPS) is 11.2. The van der Waals surface area contributed by atoms with Crippen molar-refractivity contribution in [3.63, 3.8) is 0 Å². The zero-order chi connectivity index (χ0) is 15.0. The Balaban J connectivity index is 2.78. The lowest BCUT2D eigenvalue weighted by molar-refractivity contribution is -0.139. The molecule has 0 saturated heterocycles. The molecule has 1 rings (SSSR count). The topological polar surface area (TPSA) is 93.4 Å². The highest BCUT2D eigenvalue weighted by molar-refractivity contribution is 5.83. The van der Waals surface area contributed by atoms with Crippen LogP contribution in [0.15, 0.2) is 30.3 Å². The summed E-state index contributed by atoms with van der Waals surface area (Å²) in [5, 5.41) is 20.2. The number of nitriles is 1. The lowest BCUT2D eigenvalue weighted by Crippen LogP contribution is -2.44. The Hall–Kier alpha value is -2.55. The molecular formula is C14H17N3O3. The number of benzene rings is 1. The van der Waals surface area contributed by atoms with E-state index in [4.69, 9.17) is 5.26 Å². The van der Waals surface area contributed by atoms with Crippen LogP contribution in [0.4, 0.5) is 4.79 Å². The van der Waals surface area contributed by atoms with Gasteiger partial charge < -0.3 is 15.3 Å². The van der Waals surface area contributed by atoms with E-state index < -0.39 is 18.0 Å². The molecule has 6 nitrogen and oxygen atoms in total. The summed E-state index contributed by atoms with van der Waals surface area (Å²) in [7, 11) is 0. The minimum absolute atomic E-state index is 0.213. The molecule has 2 N–H and O–H groups in total. The summed E-state index contributed by atoms with van der Waals surface area (Å²) in [5.41, 5.74) is 0.504. The fourth-order valence-electron chi connectivity index (χ4n) is 1.74. The number of nitrogens with one attached hydrogen (secondary N) is 1. The Kier molecular flexibility index (Phi) is 6.04. The van der Waals surface area contributed by atoms with Gasteiger partial charge in [0.15, 0.2) is 6.04 Å². The molecule has 0 heterocycles. The van der Waals surface area contributed by atoms with Crippen molar-refractivity contribution in [2.24, 2.45) is 0 Å². The van der Waals surface area contributed by atoms with Gasteiger partial charge in [0, 0.05) is 13.1 Å². The first kappa shape index (κ1) is 15.5. The van der Waals surface area contributed by atoms with Crippen molar-refractivity contribution < 1.29 is 14.7 Å². The van der Waals surface area contributed by atoms with Gasteiger partial charge in [0.2, 0.25) is 0 Å². The number of carboxylic acid groups (broad SMARTS) is 1. The fraction of sp³-hybridized carbons (Fsp3) is 0.357. The van der Waals surface area contributed by atoms with Gasteiger partial charge in [-0.05, 0) is 12.5 Å². The Morgan fingerprint density at radius 2 is 2.05 bits per heavy atom. The van der Waals surface area contributed by atoms with E-state index in [-0.39, 0.29) is 13.0 Å². The van der Waals surface area contributed by atoms with Crippen LogP contribution in [0.1, 0.15) is 24.9 Å². The quantitative estimate of drug-likeness (QED) is 0.827. The summed E-state index contributed by atoms with van der Waals surface area (Å²) in [6.45, 7) is 2.46. The SMILES string of the molecule is CCN(CCC#N)C(=O)N[C@@H](C(=O)O)c1ccccc1. The van der Waals surface area contributed by atoms with Crippen molar-refractivity contribution >= 4 is 12.0 Å². The minimum atomic E-state index is -1.12. The number of hydrogen-bond acceptors (Lipinski definition) is 3. The molecule has 0 radical (unpaired) electrons. The summed E-state index contributed by atoms with van der Waals surface area (Å²) in [4.78, 5) is 24.7. The average molecular weight is 275 g/mol. The first-order chi connectivity index (χ1) is 9.60. The summed E-state index contributed by atoms with van der Waals surface area (Å²) in [5.74, 6) is -1.12. The third-order valence-corrected chi connectivity index (χ3v) is 2.81. The van der Waals surface area contributed by atoms with E-state index in [2.05, 4.69) is 5.32 Å². The second-order valence-electron chi connectivity index (χ2n) is 4.12. The highest BCUT2D eigenvalue weighted by Gasteiger charge is 2.23. The van der Waals surface area contributed by atoms with Crippen LogP contribution in [0.3, 0.4) is 0 Å². The van der Waals surface area contributed by atoms with E-state index >= 15 is 0 Å². The van der Waals surface area contributed by atoms with Crippen molar-refractivity contribution in [1.29, 1.82) is 5.26 Å². The van der Waals surface area contributed by atoms with Crippen LogP contribution < -0.4 is 5.32 Å². The van der Waals surface area contributed by atoms with Gasteiger partial charge >= 0.3 is 12.0 Å². The number of amides is 2. The molecule has 106 valence electrons. The highest BCUT2D eigenvalue weighted by Crippen LogP contribution is 2.13. The summed E-state index contributed by atoms with van der Waals surface area (Å²) < 4.78 is 0. The third kappa shape index (κ3) is 4.28. The average Bonchev–Trinajstić information content (AvgIpc) is 2.46. The molecule has 1 aromatic rings.